The second-order valence-electron chi connectivity index (χ2n) is 4.33. The van der Waals surface area contributed by atoms with Crippen LogP contribution in [0, 0.1) is 11.3 Å². The van der Waals surface area contributed by atoms with E-state index in [1.807, 2.05) is 7.05 Å². The molecule has 0 radical (unpaired) electrons. The smallest absolute Gasteiger partial charge is 0.157 e. The predicted octanol–water partition coefficient (Wildman–Crippen LogP) is 1.13. The van der Waals surface area contributed by atoms with Crippen molar-refractivity contribution in [3.05, 3.63) is 5.56 Å². The fraction of sp³-hybridized carbons (Fsp3) is 0.636. The van der Waals surface area contributed by atoms with Gasteiger partial charge in [0.1, 0.15) is 16.6 Å². The molecule has 2 heterocycles. The van der Waals surface area contributed by atoms with Gasteiger partial charge in [-0.1, -0.05) is 0 Å². The zero-order valence-electron chi connectivity index (χ0n) is 10.0. The number of nitrogens with zero attached hydrogens (tertiary/aromatic N) is 4. The molecule has 1 aromatic rings. The average molecular weight is 251 g/mol. The van der Waals surface area contributed by atoms with E-state index in [9.17, 15) is 0 Å². The second-order valence-corrected chi connectivity index (χ2v) is 5.08. The maximum absolute atomic E-state index is 9.02. The maximum Gasteiger partial charge on any atom is 0.157 e. The first-order valence-corrected chi connectivity index (χ1v) is 6.58. The predicted molar refractivity (Wildman–Crippen MR) is 70.2 cm³/mol. The Morgan fingerprint density at radius 2 is 2.24 bits per heavy atom. The Labute approximate surface area is 106 Å². The van der Waals surface area contributed by atoms with E-state index in [4.69, 9.17) is 11.0 Å². The van der Waals surface area contributed by atoms with Crippen molar-refractivity contribution >= 4 is 22.4 Å². The van der Waals surface area contributed by atoms with Gasteiger partial charge in [-0.05, 0) is 37.5 Å². The SMILES string of the molecule is CN(CCN1CCCC1)c1snc(N)c1C#N. The van der Waals surface area contributed by atoms with Gasteiger partial charge in [-0.2, -0.15) is 9.64 Å². The van der Waals surface area contributed by atoms with E-state index in [0.29, 0.717) is 11.4 Å². The van der Waals surface area contributed by atoms with Crippen molar-refractivity contribution in [3.8, 4) is 6.07 Å². The summed E-state index contributed by atoms with van der Waals surface area (Å²) in [6.45, 7) is 4.35. The Balaban J connectivity index is 1.94. The standard InChI is InChI=1S/C11H17N5S/c1-15(6-7-16-4-2-3-5-16)11-9(8-12)10(13)14-17-11/h2-7H2,1H3,(H2,13,14). The number of likely N-dealkylation sites (tertiary alicyclic amines) is 1. The summed E-state index contributed by atoms with van der Waals surface area (Å²) < 4.78 is 4.03. The van der Waals surface area contributed by atoms with Gasteiger partial charge in [-0.3, -0.25) is 0 Å². The fourth-order valence-electron chi connectivity index (χ4n) is 2.06. The summed E-state index contributed by atoms with van der Waals surface area (Å²) in [5.74, 6) is 0.348. The van der Waals surface area contributed by atoms with Crippen LogP contribution in [0.1, 0.15) is 18.4 Å². The van der Waals surface area contributed by atoms with Crippen LogP contribution in [0.2, 0.25) is 0 Å². The Kier molecular flexibility index (Phi) is 3.82. The van der Waals surface area contributed by atoms with E-state index in [-0.39, 0.29) is 0 Å². The van der Waals surface area contributed by atoms with Crippen LogP contribution in [0.25, 0.3) is 0 Å². The summed E-state index contributed by atoms with van der Waals surface area (Å²) in [6.07, 6.45) is 2.61. The van der Waals surface area contributed by atoms with Gasteiger partial charge in [0.05, 0.1) is 0 Å². The summed E-state index contributed by atoms with van der Waals surface area (Å²) in [7, 11) is 1.99. The van der Waals surface area contributed by atoms with Gasteiger partial charge in [-0.25, -0.2) is 0 Å². The van der Waals surface area contributed by atoms with Gasteiger partial charge in [-0.15, -0.1) is 0 Å². The Morgan fingerprint density at radius 3 is 2.88 bits per heavy atom. The normalized spacial score (nSPS) is 16.0. The van der Waals surface area contributed by atoms with Gasteiger partial charge in [0.2, 0.25) is 0 Å². The highest BCUT2D eigenvalue weighted by Crippen LogP contribution is 2.28. The van der Waals surface area contributed by atoms with Crippen molar-refractivity contribution in [2.45, 2.75) is 12.8 Å². The van der Waals surface area contributed by atoms with Crippen LogP contribution >= 0.6 is 11.5 Å². The second kappa shape index (κ2) is 5.34. The molecule has 1 saturated heterocycles. The maximum atomic E-state index is 9.02. The molecular formula is C11H17N5S. The lowest BCUT2D eigenvalue weighted by Gasteiger charge is -2.21. The molecule has 2 N–H and O–H groups in total. The summed E-state index contributed by atoms with van der Waals surface area (Å²) in [6, 6.07) is 2.12. The molecule has 17 heavy (non-hydrogen) atoms. The monoisotopic (exact) mass is 251 g/mol. The third-order valence-corrected chi connectivity index (χ3v) is 4.09. The van der Waals surface area contributed by atoms with Crippen molar-refractivity contribution in [2.75, 3.05) is 43.9 Å². The molecule has 0 amide bonds. The summed E-state index contributed by atoms with van der Waals surface area (Å²) >= 11 is 1.30. The molecule has 1 fully saturated rings. The van der Waals surface area contributed by atoms with Gasteiger partial charge in [0.15, 0.2) is 5.82 Å². The molecule has 2 rings (SSSR count). The van der Waals surface area contributed by atoms with E-state index < -0.39 is 0 Å². The summed E-state index contributed by atoms with van der Waals surface area (Å²) in [4.78, 5) is 4.53. The van der Waals surface area contributed by atoms with Crippen LogP contribution in [0.15, 0.2) is 0 Å². The van der Waals surface area contributed by atoms with Crippen molar-refractivity contribution in [1.29, 1.82) is 5.26 Å². The molecule has 6 heteroatoms. The first-order valence-electron chi connectivity index (χ1n) is 5.81. The Morgan fingerprint density at radius 1 is 1.53 bits per heavy atom. The highest BCUT2D eigenvalue weighted by atomic mass is 32.1. The number of nitrogen functional groups attached to an aromatic ring is 1. The molecule has 0 atom stereocenters. The van der Waals surface area contributed by atoms with Gasteiger partial charge < -0.3 is 15.5 Å². The molecule has 0 unspecified atom stereocenters. The highest BCUT2D eigenvalue weighted by Gasteiger charge is 2.16. The van der Waals surface area contributed by atoms with E-state index >= 15 is 0 Å². The molecule has 1 aromatic heterocycles. The number of hydrogen-bond donors (Lipinski definition) is 1. The Bertz CT molecular complexity index is 416. The molecular weight excluding hydrogens is 234 g/mol. The molecule has 1 aliphatic rings. The number of nitriles is 1. The van der Waals surface area contributed by atoms with Crippen LogP contribution in [-0.2, 0) is 0 Å². The van der Waals surface area contributed by atoms with Crippen LogP contribution < -0.4 is 10.6 Å². The van der Waals surface area contributed by atoms with Crippen LogP contribution in [0.5, 0.6) is 0 Å². The minimum Gasteiger partial charge on any atom is -0.382 e. The average Bonchev–Trinajstić information content (AvgIpc) is 2.94. The van der Waals surface area contributed by atoms with Crippen LogP contribution in [-0.4, -0.2) is 42.5 Å². The molecule has 5 nitrogen and oxygen atoms in total. The largest absolute Gasteiger partial charge is 0.382 e. The van der Waals surface area contributed by atoms with Crippen molar-refractivity contribution < 1.29 is 0 Å². The minimum atomic E-state index is 0.348. The number of aromatic nitrogens is 1. The van der Waals surface area contributed by atoms with E-state index in [2.05, 4.69) is 20.2 Å². The fourth-order valence-corrected chi connectivity index (χ4v) is 2.81. The zero-order valence-corrected chi connectivity index (χ0v) is 10.8. The van der Waals surface area contributed by atoms with E-state index in [1.54, 1.807) is 0 Å². The molecule has 0 aromatic carbocycles. The van der Waals surface area contributed by atoms with E-state index in [1.165, 1.54) is 37.5 Å². The number of likely N-dealkylation sites (N-methyl/N-ethyl adjacent to an activating group) is 1. The summed E-state index contributed by atoms with van der Waals surface area (Å²) in [5, 5.41) is 9.90. The Hall–Kier alpha value is -1.32. The van der Waals surface area contributed by atoms with Crippen LogP contribution in [0.3, 0.4) is 0 Å². The van der Waals surface area contributed by atoms with E-state index in [0.717, 1.165) is 18.1 Å². The van der Waals surface area contributed by atoms with Crippen molar-refractivity contribution in [2.24, 2.45) is 0 Å². The van der Waals surface area contributed by atoms with Gasteiger partial charge in [0, 0.05) is 20.1 Å². The highest BCUT2D eigenvalue weighted by molar-refractivity contribution is 7.10. The molecule has 0 aliphatic carbocycles. The van der Waals surface area contributed by atoms with Gasteiger partial charge in [0.25, 0.3) is 0 Å². The molecule has 0 saturated carbocycles. The number of anilines is 2. The lowest BCUT2D eigenvalue weighted by atomic mass is 10.3. The topological polar surface area (TPSA) is 69.2 Å². The third-order valence-electron chi connectivity index (χ3n) is 3.11. The van der Waals surface area contributed by atoms with Crippen molar-refractivity contribution in [1.82, 2.24) is 9.27 Å². The number of rotatable bonds is 4. The lowest BCUT2D eigenvalue weighted by molar-refractivity contribution is 0.347. The third kappa shape index (κ3) is 2.68. The summed E-state index contributed by atoms with van der Waals surface area (Å²) in [5.41, 5.74) is 6.16. The minimum absolute atomic E-state index is 0.348. The van der Waals surface area contributed by atoms with Crippen LogP contribution in [0.4, 0.5) is 10.8 Å². The molecule has 0 bridgehead atoms. The number of hydrogen-bond acceptors (Lipinski definition) is 6. The molecule has 0 spiro atoms. The van der Waals surface area contributed by atoms with Gasteiger partial charge >= 0.3 is 0 Å². The lowest BCUT2D eigenvalue weighted by Crippen LogP contribution is -2.31. The van der Waals surface area contributed by atoms with Crippen molar-refractivity contribution in [3.63, 3.8) is 0 Å². The molecule has 1 aliphatic heterocycles. The first kappa shape index (κ1) is 12.1. The molecule has 92 valence electrons. The number of nitrogens with two attached hydrogens (primary N) is 1. The quantitative estimate of drug-likeness (QED) is 0.868. The first-order chi connectivity index (χ1) is 8.22. The zero-order chi connectivity index (χ0) is 12.3.